The maximum Gasteiger partial charge on any atom is 0.249 e. The van der Waals surface area contributed by atoms with E-state index >= 15 is 0 Å². The van der Waals surface area contributed by atoms with Crippen LogP contribution in [0.1, 0.15) is 29.5 Å². The Bertz CT molecular complexity index is 1380. The quantitative estimate of drug-likeness (QED) is 0.353. The van der Waals surface area contributed by atoms with E-state index in [2.05, 4.69) is 32.3 Å². The highest BCUT2D eigenvalue weighted by molar-refractivity contribution is 6.24. The summed E-state index contributed by atoms with van der Waals surface area (Å²) in [5.74, 6) is -0.631. The largest absolute Gasteiger partial charge is 0.372 e. The van der Waals surface area contributed by atoms with Crippen molar-refractivity contribution in [2.45, 2.75) is 19.3 Å². The fourth-order valence-electron chi connectivity index (χ4n) is 4.47. The third-order valence-corrected chi connectivity index (χ3v) is 6.27. The zero-order chi connectivity index (χ0) is 24.2. The lowest BCUT2D eigenvalue weighted by molar-refractivity contribution is -0.115. The third kappa shape index (κ3) is 5.09. The van der Waals surface area contributed by atoms with Crippen LogP contribution in [-0.2, 0) is 16.0 Å². The Morgan fingerprint density at radius 1 is 1.06 bits per heavy atom. The Morgan fingerprint density at radius 2 is 1.80 bits per heavy atom. The van der Waals surface area contributed by atoms with E-state index in [0.29, 0.717) is 16.9 Å². The fraction of sp³-hybridized carbons (Fsp3) is 0.179. The molecule has 5 rings (SSSR count). The van der Waals surface area contributed by atoms with Gasteiger partial charge in [0, 0.05) is 41.5 Å². The van der Waals surface area contributed by atoms with Crippen molar-refractivity contribution < 1.29 is 9.59 Å². The van der Waals surface area contributed by atoms with Crippen LogP contribution in [0.4, 0.5) is 11.4 Å². The molecule has 0 bridgehead atoms. The number of anilines is 2. The smallest absolute Gasteiger partial charge is 0.249 e. The fourth-order valence-corrected chi connectivity index (χ4v) is 4.47. The molecule has 0 saturated carbocycles. The molecule has 4 N–H and O–H groups in total. The second-order valence-electron chi connectivity index (χ2n) is 8.74. The van der Waals surface area contributed by atoms with Gasteiger partial charge in [-0.05, 0) is 48.2 Å². The van der Waals surface area contributed by atoms with Gasteiger partial charge >= 0.3 is 0 Å². The Labute approximate surface area is 203 Å². The Hall–Kier alpha value is -4.39. The maximum atomic E-state index is 12.7. The zero-order valence-corrected chi connectivity index (χ0v) is 19.3. The van der Waals surface area contributed by atoms with Gasteiger partial charge in [-0.1, -0.05) is 42.5 Å². The monoisotopic (exact) mass is 465 g/mol. The molecular weight excluding hydrogens is 438 g/mol. The van der Waals surface area contributed by atoms with E-state index in [1.165, 1.54) is 18.5 Å². The molecule has 7 heteroatoms. The summed E-state index contributed by atoms with van der Waals surface area (Å²) in [6, 6.07) is 19.3. The molecule has 0 aliphatic carbocycles. The van der Waals surface area contributed by atoms with Crippen LogP contribution < -0.4 is 16.0 Å². The van der Waals surface area contributed by atoms with Gasteiger partial charge in [-0.3, -0.25) is 9.59 Å². The van der Waals surface area contributed by atoms with Gasteiger partial charge in [-0.25, -0.2) is 4.98 Å². The summed E-state index contributed by atoms with van der Waals surface area (Å²) >= 11 is 0. The molecule has 1 aliphatic heterocycles. The van der Waals surface area contributed by atoms with Crippen LogP contribution in [0.25, 0.3) is 22.7 Å². The van der Waals surface area contributed by atoms with Crippen molar-refractivity contribution in [3.63, 3.8) is 0 Å². The molecular formula is C28H27N5O2. The number of benzene rings is 2. The minimum absolute atomic E-state index is 0.116. The van der Waals surface area contributed by atoms with Crippen molar-refractivity contribution in [3.8, 4) is 0 Å². The first-order valence-corrected chi connectivity index (χ1v) is 11.7. The number of aromatic nitrogens is 2. The van der Waals surface area contributed by atoms with Crippen molar-refractivity contribution in [2.75, 3.05) is 23.3 Å². The van der Waals surface area contributed by atoms with Gasteiger partial charge in [-0.15, -0.1) is 0 Å². The van der Waals surface area contributed by atoms with Gasteiger partial charge in [0.2, 0.25) is 11.8 Å². The van der Waals surface area contributed by atoms with E-state index in [-0.39, 0.29) is 12.3 Å². The highest BCUT2D eigenvalue weighted by atomic mass is 16.2. The summed E-state index contributed by atoms with van der Waals surface area (Å²) in [4.78, 5) is 34.7. The molecule has 35 heavy (non-hydrogen) atoms. The Balaban J connectivity index is 1.33. The highest BCUT2D eigenvalue weighted by Crippen LogP contribution is 2.26. The second kappa shape index (κ2) is 9.85. The lowest BCUT2D eigenvalue weighted by Gasteiger charge is -2.17. The minimum Gasteiger partial charge on any atom is -0.372 e. The van der Waals surface area contributed by atoms with Gasteiger partial charge in [0.05, 0.1) is 18.3 Å². The van der Waals surface area contributed by atoms with E-state index in [4.69, 9.17) is 5.73 Å². The normalized spacial score (nSPS) is 13.8. The van der Waals surface area contributed by atoms with Crippen LogP contribution >= 0.6 is 0 Å². The van der Waals surface area contributed by atoms with Crippen LogP contribution in [0.3, 0.4) is 0 Å². The summed E-state index contributed by atoms with van der Waals surface area (Å²) in [5.41, 5.74) is 11.0. The summed E-state index contributed by atoms with van der Waals surface area (Å²) in [6.45, 7) is 2.19. The van der Waals surface area contributed by atoms with Crippen LogP contribution in [0.2, 0.25) is 0 Å². The summed E-state index contributed by atoms with van der Waals surface area (Å²) < 4.78 is 0. The number of primary amides is 1. The van der Waals surface area contributed by atoms with E-state index in [9.17, 15) is 9.59 Å². The Kier molecular flexibility index (Phi) is 6.30. The van der Waals surface area contributed by atoms with Crippen molar-refractivity contribution in [2.24, 2.45) is 5.73 Å². The number of fused-ring (bicyclic) bond motifs is 1. The van der Waals surface area contributed by atoms with Gasteiger partial charge in [0.25, 0.3) is 0 Å². The first-order chi connectivity index (χ1) is 17.1. The zero-order valence-electron chi connectivity index (χ0n) is 19.3. The molecule has 2 amide bonds. The molecule has 0 atom stereocenters. The topological polar surface area (TPSA) is 104 Å². The number of nitrogens with zero attached hydrogens (tertiary/aromatic N) is 2. The van der Waals surface area contributed by atoms with Crippen LogP contribution in [-0.4, -0.2) is 34.9 Å². The van der Waals surface area contributed by atoms with Crippen molar-refractivity contribution in [1.29, 1.82) is 0 Å². The van der Waals surface area contributed by atoms with Crippen molar-refractivity contribution in [1.82, 2.24) is 9.97 Å². The van der Waals surface area contributed by atoms with Crippen molar-refractivity contribution in [3.05, 3.63) is 89.7 Å². The number of nitrogens with two attached hydrogens (primary N) is 1. The predicted octanol–water partition coefficient (Wildman–Crippen LogP) is 4.37. The van der Waals surface area contributed by atoms with E-state index < -0.39 is 5.91 Å². The summed E-state index contributed by atoms with van der Waals surface area (Å²) in [6.07, 6.45) is 7.88. The molecule has 7 nitrogen and oxygen atoms in total. The van der Waals surface area contributed by atoms with E-state index in [1.807, 2.05) is 48.5 Å². The van der Waals surface area contributed by atoms with Crippen molar-refractivity contribution >= 4 is 45.9 Å². The molecule has 1 fully saturated rings. The van der Waals surface area contributed by atoms with Gasteiger partial charge in [0.1, 0.15) is 5.65 Å². The van der Waals surface area contributed by atoms with E-state index in [0.717, 1.165) is 35.2 Å². The molecule has 0 radical (unpaired) electrons. The number of carbonyl (C=O) groups is 2. The molecule has 176 valence electrons. The number of hydrogen-bond donors (Lipinski definition) is 3. The van der Waals surface area contributed by atoms with Crippen LogP contribution in [0, 0.1) is 0 Å². The number of carbonyl (C=O) groups excluding carboxylic acids is 2. The third-order valence-electron chi connectivity index (χ3n) is 6.27. The molecule has 2 aromatic heterocycles. The average molecular weight is 466 g/mol. The number of nitrogens with one attached hydrogen (secondary N) is 2. The second-order valence-corrected chi connectivity index (χ2v) is 8.74. The van der Waals surface area contributed by atoms with Gasteiger partial charge in [-0.2, -0.15) is 0 Å². The number of amides is 2. The number of aromatic amines is 1. The van der Waals surface area contributed by atoms with E-state index in [1.54, 1.807) is 18.5 Å². The number of rotatable bonds is 7. The van der Waals surface area contributed by atoms with Crippen LogP contribution in [0.5, 0.6) is 0 Å². The Morgan fingerprint density at radius 3 is 2.51 bits per heavy atom. The molecule has 3 heterocycles. The molecule has 1 saturated heterocycles. The molecule has 0 unspecified atom stereocenters. The highest BCUT2D eigenvalue weighted by Gasteiger charge is 2.14. The van der Waals surface area contributed by atoms with Gasteiger partial charge in [0.15, 0.2) is 0 Å². The first-order valence-electron chi connectivity index (χ1n) is 11.7. The molecule has 0 spiro atoms. The summed E-state index contributed by atoms with van der Waals surface area (Å²) in [5, 5.41) is 3.72. The number of pyridine rings is 1. The van der Waals surface area contributed by atoms with Gasteiger partial charge < -0.3 is 20.9 Å². The first kappa shape index (κ1) is 22.4. The molecule has 1 aliphatic rings. The molecule has 2 aromatic carbocycles. The lowest BCUT2D eigenvalue weighted by Crippen LogP contribution is -2.18. The number of hydrogen-bond acceptors (Lipinski definition) is 4. The average Bonchev–Trinajstić information content (AvgIpc) is 3.54. The SMILES string of the molecule is NC(=O)C(=Cc1c[nH]c2ncc(NC(=O)Cc3ccc(N4CCCC4)cc3)cc12)c1ccccc1. The lowest BCUT2D eigenvalue weighted by atomic mass is 10.0. The standard InChI is InChI=1S/C28H27N5O2/c29-27(35)24(20-6-2-1-3-7-20)15-21-17-30-28-25(21)16-22(18-31-28)32-26(34)14-19-8-10-23(11-9-19)33-12-4-5-13-33/h1-3,6-11,15-18H,4-5,12-14H2,(H2,29,35)(H,30,31)(H,32,34). The number of H-pyrrole nitrogens is 1. The minimum atomic E-state index is -0.515. The van der Waals surface area contributed by atoms with Crippen LogP contribution in [0.15, 0.2) is 73.1 Å². The maximum absolute atomic E-state index is 12.7. The summed E-state index contributed by atoms with van der Waals surface area (Å²) in [7, 11) is 0. The predicted molar refractivity (Wildman–Crippen MR) is 140 cm³/mol. The molecule has 4 aromatic rings.